The number of rotatable bonds is 2. The average Bonchev–Trinajstić information content (AvgIpc) is 2.89. The van der Waals surface area contributed by atoms with Gasteiger partial charge in [0.25, 0.3) is 0 Å². The maximum atomic E-state index is 12.7. The van der Waals surface area contributed by atoms with Gasteiger partial charge in [-0.2, -0.15) is 0 Å². The zero-order valence-corrected chi connectivity index (χ0v) is 11.6. The molecule has 0 N–H and O–H groups in total. The summed E-state index contributed by atoms with van der Waals surface area (Å²) in [5.74, 6) is 1.30. The third-order valence-corrected chi connectivity index (χ3v) is 5.12. The molecule has 0 radical (unpaired) electrons. The van der Waals surface area contributed by atoms with Gasteiger partial charge in [0, 0.05) is 18.9 Å². The van der Waals surface area contributed by atoms with E-state index in [1.54, 1.807) is 0 Å². The Morgan fingerprint density at radius 2 is 2.10 bits per heavy atom. The van der Waals surface area contributed by atoms with Crippen LogP contribution >= 0.6 is 0 Å². The second kappa shape index (κ2) is 4.59. The molecule has 1 aromatic rings. The van der Waals surface area contributed by atoms with Gasteiger partial charge in [0.1, 0.15) is 5.75 Å². The summed E-state index contributed by atoms with van der Waals surface area (Å²) < 4.78 is 11.8. The highest BCUT2D eigenvalue weighted by Crippen LogP contribution is 2.45. The minimum absolute atomic E-state index is 0.0318. The van der Waals surface area contributed by atoms with Gasteiger partial charge in [-0.3, -0.25) is 4.79 Å². The zero-order chi connectivity index (χ0) is 13.6. The number of Topliss-reactive ketones (excluding diaryl/α,β-unsaturated/α-hetero) is 1. The van der Waals surface area contributed by atoms with Crippen molar-refractivity contribution in [3.63, 3.8) is 0 Å². The summed E-state index contributed by atoms with van der Waals surface area (Å²) in [5, 5.41) is 0. The summed E-state index contributed by atoms with van der Waals surface area (Å²) >= 11 is 0. The van der Waals surface area contributed by atoms with E-state index in [9.17, 15) is 4.79 Å². The molecule has 20 heavy (non-hydrogen) atoms. The molecular formula is C17H20O3. The van der Waals surface area contributed by atoms with E-state index in [0.29, 0.717) is 0 Å². The summed E-state index contributed by atoms with van der Waals surface area (Å²) in [7, 11) is 0. The van der Waals surface area contributed by atoms with Crippen LogP contribution in [0.15, 0.2) is 24.3 Å². The third-order valence-electron chi connectivity index (χ3n) is 5.12. The number of benzene rings is 1. The fourth-order valence-corrected chi connectivity index (χ4v) is 3.79. The van der Waals surface area contributed by atoms with Gasteiger partial charge in [-0.1, -0.05) is 18.2 Å². The van der Waals surface area contributed by atoms with E-state index in [-0.39, 0.29) is 23.4 Å². The number of hydrogen-bond acceptors (Lipinski definition) is 3. The number of ketones is 1. The molecule has 2 atom stereocenters. The van der Waals surface area contributed by atoms with Gasteiger partial charge in [0.05, 0.1) is 5.60 Å². The summed E-state index contributed by atoms with van der Waals surface area (Å²) in [4.78, 5) is 12.7. The number of hydrogen-bond donors (Lipinski definition) is 0. The first-order chi connectivity index (χ1) is 9.76. The van der Waals surface area contributed by atoms with Crippen molar-refractivity contribution in [3.8, 4) is 5.75 Å². The first-order valence-corrected chi connectivity index (χ1v) is 7.68. The molecule has 2 aliphatic heterocycles. The lowest BCUT2D eigenvalue weighted by atomic mass is 9.70. The Hall–Kier alpha value is -1.35. The smallest absolute Gasteiger partial charge is 0.176 e. The van der Waals surface area contributed by atoms with Gasteiger partial charge in [0.2, 0.25) is 0 Å². The van der Waals surface area contributed by atoms with E-state index in [1.807, 2.05) is 18.2 Å². The SMILES string of the molecule is O=C(C1CCOC2(CCC2)C1)C1Cc2ccccc2O1. The molecule has 4 rings (SSSR count). The highest BCUT2D eigenvalue weighted by atomic mass is 16.5. The fraction of sp³-hybridized carbons (Fsp3) is 0.588. The lowest BCUT2D eigenvalue weighted by Crippen LogP contribution is -2.48. The molecule has 2 fully saturated rings. The molecule has 1 saturated heterocycles. The monoisotopic (exact) mass is 272 g/mol. The van der Waals surface area contributed by atoms with Crippen LogP contribution in [0.2, 0.25) is 0 Å². The number of carbonyl (C=O) groups excluding carboxylic acids is 1. The molecule has 1 aromatic carbocycles. The van der Waals surface area contributed by atoms with Crippen LogP contribution in [0.5, 0.6) is 5.75 Å². The van der Waals surface area contributed by atoms with Crippen LogP contribution in [-0.2, 0) is 16.0 Å². The van der Waals surface area contributed by atoms with Gasteiger partial charge in [-0.15, -0.1) is 0 Å². The van der Waals surface area contributed by atoms with Crippen LogP contribution in [0.25, 0.3) is 0 Å². The van der Waals surface area contributed by atoms with Crippen LogP contribution in [0.1, 0.15) is 37.7 Å². The lowest BCUT2D eigenvalue weighted by Gasteiger charge is -2.47. The third kappa shape index (κ3) is 1.96. The van der Waals surface area contributed by atoms with E-state index >= 15 is 0 Å². The molecular weight excluding hydrogens is 252 g/mol. The Bertz CT molecular complexity index is 508. The summed E-state index contributed by atoms with van der Waals surface area (Å²) in [5.41, 5.74) is 1.19. The zero-order valence-electron chi connectivity index (χ0n) is 11.6. The predicted octanol–water partition coefficient (Wildman–Crippen LogP) is 2.91. The van der Waals surface area contributed by atoms with Crippen molar-refractivity contribution < 1.29 is 14.3 Å². The number of carbonyl (C=O) groups is 1. The Kier molecular flexibility index (Phi) is 2.84. The van der Waals surface area contributed by atoms with Gasteiger partial charge in [-0.05, 0) is 43.7 Å². The van der Waals surface area contributed by atoms with E-state index < -0.39 is 0 Å². The summed E-state index contributed by atoms with van der Waals surface area (Å²) in [6.07, 6.45) is 5.72. The summed E-state index contributed by atoms with van der Waals surface area (Å²) in [6.45, 7) is 0.732. The van der Waals surface area contributed by atoms with Crippen molar-refractivity contribution in [2.45, 2.75) is 50.2 Å². The van der Waals surface area contributed by atoms with Gasteiger partial charge in [0.15, 0.2) is 11.9 Å². The molecule has 0 amide bonds. The minimum atomic E-state index is -0.271. The maximum absolute atomic E-state index is 12.7. The largest absolute Gasteiger partial charge is 0.482 e. The molecule has 2 heterocycles. The molecule has 3 aliphatic rings. The van der Waals surface area contributed by atoms with Crippen molar-refractivity contribution in [2.24, 2.45) is 5.92 Å². The second-order valence-corrected chi connectivity index (χ2v) is 6.40. The molecule has 1 aliphatic carbocycles. The Balaban J connectivity index is 1.46. The van der Waals surface area contributed by atoms with E-state index in [2.05, 4.69) is 6.07 Å². The quantitative estimate of drug-likeness (QED) is 0.830. The van der Waals surface area contributed by atoms with E-state index in [4.69, 9.17) is 9.47 Å². The molecule has 0 bridgehead atoms. The molecule has 0 aromatic heterocycles. The van der Waals surface area contributed by atoms with Crippen molar-refractivity contribution in [1.29, 1.82) is 0 Å². The van der Waals surface area contributed by atoms with E-state index in [1.165, 1.54) is 6.42 Å². The highest BCUT2D eigenvalue weighted by molar-refractivity contribution is 5.87. The maximum Gasteiger partial charge on any atom is 0.176 e. The fourth-order valence-electron chi connectivity index (χ4n) is 3.79. The average molecular weight is 272 g/mol. The van der Waals surface area contributed by atoms with E-state index in [0.717, 1.165) is 50.0 Å². The molecule has 1 spiro atoms. The first-order valence-electron chi connectivity index (χ1n) is 7.68. The molecule has 2 unspecified atom stereocenters. The standard InChI is InChI=1S/C17H20O3/c18-16(13-6-9-19-17(11-13)7-3-8-17)15-10-12-4-1-2-5-14(12)20-15/h1-2,4-5,13,15H,3,6-11H2. The second-order valence-electron chi connectivity index (χ2n) is 6.40. The van der Waals surface area contributed by atoms with Gasteiger partial charge in [-0.25, -0.2) is 0 Å². The van der Waals surface area contributed by atoms with Crippen molar-refractivity contribution in [3.05, 3.63) is 29.8 Å². The highest BCUT2D eigenvalue weighted by Gasteiger charge is 2.46. The Labute approximate surface area is 119 Å². The number of ether oxygens (including phenoxy) is 2. The molecule has 1 saturated carbocycles. The number of para-hydroxylation sites is 1. The minimum Gasteiger partial charge on any atom is -0.482 e. The van der Waals surface area contributed by atoms with Crippen LogP contribution in [-0.4, -0.2) is 24.1 Å². The van der Waals surface area contributed by atoms with Crippen LogP contribution in [0.3, 0.4) is 0 Å². The Morgan fingerprint density at radius 3 is 2.85 bits per heavy atom. The van der Waals surface area contributed by atoms with Gasteiger partial charge >= 0.3 is 0 Å². The molecule has 3 heteroatoms. The van der Waals surface area contributed by atoms with Crippen molar-refractivity contribution in [1.82, 2.24) is 0 Å². The van der Waals surface area contributed by atoms with Crippen molar-refractivity contribution >= 4 is 5.78 Å². The van der Waals surface area contributed by atoms with Crippen LogP contribution < -0.4 is 4.74 Å². The topological polar surface area (TPSA) is 35.5 Å². The van der Waals surface area contributed by atoms with Gasteiger partial charge < -0.3 is 9.47 Å². The predicted molar refractivity (Wildman–Crippen MR) is 74.8 cm³/mol. The van der Waals surface area contributed by atoms with Crippen LogP contribution in [0, 0.1) is 5.92 Å². The molecule has 106 valence electrons. The summed E-state index contributed by atoms with van der Waals surface area (Å²) in [6, 6.07) is 7.98. The normalized spacial score (nSPS) is 30.4. The number of fused-ring (bicyclic) bond motifs is 1. The van der Waals surface area contributed by atoms with Crippen molar-refractivity contribution in [2.75, 3.05) is 6.61 Å². The first kappa shape index (κ1) is 12.4. The lowest BCUT2D eigenvalue weighted by molar-refractivity contribution is -0.159. The molecule has 3 nitrogen and oxygen atoms in total. The Morgan fingerprint density at radius 1 is 1.25 bits per heavy atom. The van der Waals surface area contributed by atoms with Crippen LogP contribution in [0.4, 0.5) is 0 Å².